The predicted octanol–water partition coefficient (Wildman–Crippen LogP) is 2.75. The van der Waals surface area contributed by atoms with Gasteiger partial charge in [-0.05, 0) is 66.5 Å². The van der Waals surface area contributed by atoms with Gasteiger partial charge in [-0.2, -0.15) is 0 Å². The van der Waals surface area contributed by atoms with Crippen LogP contribution in [0.5, 0.6) is 0 Å². The maximum atomic E-state index is 6.10. The monoisotopic (exact) mass is 328 g/mol. The van der Waals surface area contributed by atoms with Crippen LogP contribution in [0, 0.1) is 3.57 Å². The third kappa shape index (κ3) is 1.84. The van der Waals surface area contributed by atoms with Gasteiger partial charge in [-0.15, -0.1) is 0 Å². The summed E-state index contributed by atoms with van der Waals surface area (Å²) in [5.74, 6) is 0. The van der Waals surface area contributed by atoms with Crippen molar-refractivity contribution in [3.8, 4) is 0 Å². The summed E-state index contributed by atoms with van der Waals surface area (Å²) in [7, 11) is 0. The summed E-state index contributed by atoms with van der Waals surface area (Å²) in [6.45, 7) is 0. The summed E-state index contributed by atoms with van der Waals surface area (Å²) in [4.78, 5) is 2.62. The fourth-order valence-electron chi connectivity index (χ4n) is 3.28. The Hall–Kier alpha value is -0.290. The van der Waals surface area contributed by atoms with Crippen LogP contribution in [0.25, 0.3) is 0 Å². The van der Waals surface area contributed by atoms with Gasteiger partial charge in [0.1, 0.15) is 0 Å². The van der Waals surface area contributed by atoms with Crippen LogP contribution in [0.1, 0.15) is 25.7 Å². The molecule has 0 saturated carbocycles. The Morgan fingerprint density at radius 3 is 2.50 bits per heavy atom. The Kier molecular flexibility index (Phi) is 2.83. The smallest absolute Gasteiger partial charge is 0.0381 e. The van der Waals surface area contributed by atoms with E-state index >= 15 is 0 Å². The van der Waals surface area contributed by atoms with Gasteiger partial charge in [0.25, 0.3) is 0 Å². The van der Waals surface area contributed by atoms with Gasteiger partial charge in [0.2, 0.25) is 0 Å². The molecule has 2 aliphatic rings. The fraction of sp³-hybridized carbons (Fsp3) is 0.538. The van der Waals surface area contributed by atoms with Crippen LogP contribution in [0.2, 0.25) is 0 Å². The summed E-state index contributed by atoms with van der Waals surface area (Å²) in [5.41, 5.74) is 7.49. The first kappa shape index (κ1) is 10.8. The van der Waals surface area contributed by atoms with Crippen molar-refractivity contribution in [3.05, 3.63) is 27.8 Å². The van der Waals surface area contributed by atoms with Crippen molar-refractivity contribution in [2.24, 2.45) is 5.73 Å². The second-order valence-corrected chi connectivity index (χ2v) is 6.25. The van der Waals surface area contributed by atoms with Crippen molar-refractivity contribution in [2.75, 3.05) is 4.90 Å². The zero-order chi connectivity index (χ0) is 11.1. The molecule has 2 fully saturated rings. The normalized spacial score (nSPS) is 33.1. The summed E-state index contributed by atoms with van der Waals surface area (Å²) < 4.78 is 1.32. The van der Waals surface area contributed by atoms with E-state index in [0.717, 1.165) is 0 Å². The topological polar surface area (TPSA) is 29.3 Å². The van der Waals surface area contributed by atoms with Crippen LogP contribution in [0.4, 0.5) is 5.69 Å². The maximum absolute atomic E-state index is 6.10. The molecule has 2 bridgehead atoms. The fourth-order valence-corrected chi connectivity index (χ4v) is 3.80. The highest BCUT2D eigenvalue weighted by Gasteiger charge is 2.39. The first-order valence-corrected chi connectivity index (χ1v) is 7.11. The second kappa shape index (κ2) is 4.18. The molecule has 2 nitrogen and oxygen atoms in total. The molecule has 2 heterocycles. The number of benzene rings is 1. The lowest BCUT2D eigenvalue weighted by molar-refractivity contribution is 0.414. The van der Waals surface area contributed by atoms with E-state index < -0.39 is 0 Å². The molecule has 86 valence electrons. The van der Waals surface area contributed by atoms with Crippen LogP contribution < -0.4 is 10.6 Å². The zero-order valence-electron chi connectivity index (χ0n) is 9.27. The van der Waals surface area contributed by atoms with E-state index in [-0.39, 0.29) is 0 Å². The van der Waals surface area contributed by atoms with Crippen molar-refractivity contribution in [2.45, 2.75) is 43.8 Å². The van der Waals surface area contributed by atoms with Gasteiger partial charge in [-0.1, -0.05) is 6.07 Å². The van der Waals surface area contributed by atoms with Gasteiger partial charge < -0.3 is 10.6 Å². The highest BCUT2D eigenvalue weighted by molar-refractivity contribution is 14.1. The zero-order valence-corrected chi connectivity index (χ0v) is 11.4. The van der Waals surface area contributed by atoms with Gasteiger partial charge in [-0.25, -0.2) is 0 Å². The van der Waals surface area contributed by atoms with Crippen molar-refractivity contribution in [1.82, 2.24) is 0 Å². The predicted molar refractivity (Wildman–Crippen MR) is 75.7 cm³/mol. The molecule has 2 saturated heterocycles. The minimum atomic E-state index is 0.427. The molecule has 0 radical (unpaired) electrons. The summed E-state index contributed by atoms with van der Waals surface area (Å²) in [6, 6.07) is 10.6. The number of hydrogen-bond donors (Lipinski definition) is 1. The van der Waals surface area contributed by atoms with Crippen molar-refractivity contribution in [3.63, 3.8) is 0 Å². The standard InChI is InChI=1S/C13H17IN2/c14-9-2-1-3-11(6-9)16-12-4-5-13(16)8-10(15)7-12/h1-3,6,10,12-13H,4-5,7-8,15H2. The average molecular weight is 328 g/mol. The van der Waals surface area contributed by atoms with Crippen molar-refractivity contribution in [1.29, 1.82) is 0 Å². The summed E-state index contributed by atoms with van der Waals surface area (Å²) >= 11 is 2.39. The van der Waals surface area contributed by atoms with Crippen molar-refractivity contribution < 1.29 is 0 Å². The number of fused-ring (bicyclic) bond motifs is 2. The molecule has 2 atom stereocenters. The molecule has 1 aromatic rings. The number of nitrogens with zero attached hydrogens (tertiary/aromatic N) is 1. The third-order valence-corrected chi connectivity index (χ3v) is 4.55. The van der Waals surface area contributed by atoms with E-state index in [1.807, 2.05) is 0 Å². The molecule has 16 heavy (non-hydrogen) atoms. The molecule has 2 N–H and O–H groups in total. The van der Waals surface area contributed by atoms with E-state index in [1.165, 1.54) is 34.9 Å². The Morgan fingerprint density at radius 2 is 1.88 bits per heavy atom. The van der Waals surface area contributed by atoms with E-state index in [9.17, 15) is 0 Å². The Morgan fingerprint density at radius 1 is 1.19 bits per heavy atom. The minimum absolute atomic E-state index is 0.427. The van der Waals surface area contributed by atoms with Crippen LogP contribution in [0.3, 0.4) is 0 Å². The Bertz CT molecular complexity index is 379. The molecule has 3 heteroatoms. The third-order valence-electron chi connectivity index (χ3n) is 3.88. The second-order valence-electron chi connectivity index (χ2n) is 5.00. The Labute approximate surface area is 110 Å². The van der Waals surface area contributed by atoms with Crippen LogP contribution >= 0.6 is 22.6 Å². The van der Waals surface area contributed by atoms with Crippen molar-refractivity contribution >= 4 is 28.3 Å². The molecule has 1 aromatic carbocycles. The van der Waals surface area contributed by atoms with E-state index in [1.54, 1.807) is 0 Å². The highest BCUT2D eigenvalue weighted by atomic mass is 127. The van der Waals surface area contributed by atoms with Crippen LogP contribution in [-0.4, -0.2) is 18.1 Å². The molecule has 2 unspecified atom stereocenters. The van der Waals surface area contributed by atoms with E-state index in [0.29, 0.717) is 18.1 Å². The lowest BCUT2D eigenvalue weighted by Crippen LogP contribution is -2.47. The number of nitrogens with two attached hydrogens (primary N) is 1. The molecule has 0 amide bonds. The largest absolute Gasteiger partial charge is 0.365 e. The summed E-state index contributed by atoms with van der Waals surface area (Å²) in [5, 5.41) is 0. The number of rotatable bonds is 1. The van der Waals surface area contributed by atoms with Crippen LogP contribution in [-0.2, 0) is 0 Å². The SMILES string of the molecule is NC1CC2CCC(C1)N2c1cccc(I)c1. The van der Waals surface area contributed by atoms with Gasteiger partial charge in [0.15, 0.2) is 0 Å². The maximum Gasteiger partial charge on any atom is 0.0381 e. The Balaban J connectivity index is 1.91. The lowest BCUT2D eigenvalue weighted by atomic mass is 9.97. The quantitative estimate of drug-likeness (QED) is 0.804. The first-order chi connectivity index (χ1) is 7.74. The van der Waals surface area contributed by atoms with Gasteiger partial charge in [-0.3, -0.25) is 0 Å². The molecule has 2 aliphatic heterocycles. The highest BCUT2D eigenvalue weighted by Crippen LogP contribution is 2.38. The number of piperidine rings is 1. The molecular formula is C13H17IN2. The lowest BCUT2D eigenvalue weighted by Gasteiger charge is -2.39. The van der Waals surface area contributed by atoms with Gasteiger partial charge >= 0.3 is 0 Å². The van der Waals surface area contributed by atoms with E-state index in [2.05, 4.69) is 51.8 Å². The number of hydrogen-bond acceptors (Lipinski definition) is 2. The van der Waals surface area contributed by atoms with Gasteiger partial charge in [0.05, 0.1) is 0 Å². The number of halogens is 1. The molecule has 3 rings (SSSR count). The molecule has 0 aliphatic carbocycles. The molecule has 0 spiro atoms. The average Bonchev–Trinajstić information content (AvgIpc) is 2.51. The van der Waals surface area contributed by atoms with E-state index in [4.69, 9.17) is 5.73 Å². The van der Waals surface area contributed by atoms with Crippen LogP contribution in [0.15, 0.2) is 24.3 Å². The molecular weight excluding hydrogens is 311 g/mol. The minimum Gasteiger partial charge on any atom is -0.365 e. The van der Waals surface area contributed by atoms with Gasteiger partial charge in [0, 0.05) is 27.4 Å². The number of anilines is 1. The first-order valence-electron chi connectivity index (χ1n) is 6.03. The molecule has 0 aromatic heterocycles. The summed E-state index contributed by atoms with van der Waals surface area (Å²) in [6.07, 6.45) is 4.98.